The van der Waals surface area contributed by atoms with Gasteiger partial charge in [0.2, 0.25) is 0 Å². The van der Waals surface area contributed by atoms with Gasteiger partial charge in [-0.05, 0) is 72.6 Å². The van der Waals surface area contributed by atoms with Gasteiger partial charge in [-0.3, -0.25) is 9.59 Å². The summed E-state index contributed by atoms with van der Waals surface area (Å²) in [7, 11) is 1.58. The maximum absolute atomic E-state index is 12.0. The summed E-state index contributed by atoms with van der Waals surface area (Å²) >= 11 is 0. The molecular formula is C25H25N3O5. The van der Waals surface area contributed by atoms with E-state index in [1.807, 2.05) is 25.1 Å². The molecule has 0 aliphatic heterocycles. The quantitative estimate of drug-likeness (QED) is 0.366. The first-order valence-electron chi connectivity index (χ1n) is 10.2. The molecule has 0 aliphatic rings. The van der Waals surface area contributed by atoms with Crippen molar-refractivity contribution in [1.29, 1.82) is 0 Å². The number of hydrogen-bond acceptors (Lipinski definition) is 6. The normalized spacial score (nSPS) is 10.5. The predicted molar refractivity (Wildman–Crippen MR) is 126 cm³/mol. The van der Waals surface area contributed by atoms with Gasteiger partial charge in [-0.15, -0.1) is 0 Å². The number of anilines is 1. The number of benzene rings is 3. The second-order valence-corrected chi connectivity index (χ2v) is 6.98. The van der Waals surface area contributed by atoms with E-state index in [-0.39, 0.29) is 25.0 Å². The minimum atomic E-state index is -0.364. The lowest BCUT2D eigenvalue weighted by molar-refractivity contribution is -0.123. The molecule has 0 radical (unpaired) electrons. The minimum Gasteiger partial charge on any atom is -0.497 e. The predicted octanol–water partition coefficient (Wildman–Crippen LogP) is 3.55. The van der Waals surface area contributed by atoms with Crippen LogP contribution in [-0.4, -0.2) is 38.4 Å². The van der Waals surface area contributed by atoms with Gasteiger partial charge in [0, 0.05) is 5.69 Å². The zero-order valence-electron chi connectivity index (χ0n) is 18.4. The summed E-state index contributed by atoms with van der Waals surface area (Å²) in [6.07, 6.45) is 1.51. The Kier molecular flexibility index (Phi) is 8.41. The van der Waals surface area contributed by atoms with E-state index in [4.69, 9.17) is 14.2 Å². The van der Waals surface area contributed by atoms with E-state index in [0.717, 1.165) is 11.1 Å². The maximum Gasteiger partial charge on any atom is 0.277 e. The van der Waals surface area contributed by atoms with Crippen LogP contribution in [0.3, 0.4) is 0 Å². The number of ether oxygens (including phenoxy) is 3. The van der Waals surface area contributed by atoms with Crippen molar-refractivity contribution >= 4 is 23.7 Å². The Labute approximate surface area is 192 Å². The number of carbonyl (C=O) groups excluding carboxylic acids is 2. The van der Waals surface area contributed by atoms with Gasteiger partial charge in [-0.2, -0.15) is 5.10 Å². The van der Waals surface area contributed by atoms with Crippen molar-refractivity contribution in [1.82, 2.24) is 5.43 Å². The summed E-state index contributed by atoms with van der Waals surface area (Å²) in [5.41, 5.74) is 4.78. The third-order valence-corrected chi connectivity index (χ3v) is 4.48. The maximum atomic E-state index is 12.0. The highest BCUT2D eigenvalue weighted by Crippen LogP contribution is 2.16. The van der Waals surface area contributed by atoms with Gasteiger partial charge in [-0.25, -0.2) is 5.43 Å². The lowest BCUT2D eigenvalue weighted by Crippen LogP contribution is -2.24. The Morgan fingerprint density at radius 3 is 2.21 bits per heavy atom. The van der Waals surface area contributed by atoms with E-state index < -0.39 is 0 Å². The lowest BCUT2D eigenvalue weighted by Gasteiger charge is -2.08. The molecule has 33 heavy (non-hydrogen) atoms. The largest absolute Gasteiger partial charge is 0.497 e. The van der Waals surface area contributed by atoms with Gasteiger partial charge in [0.05, 0.1) is 13.3 Å². The Morgan fingerprint density at radius 2 is 1.52 bits per heavy atom. The Balaban J connectivity index is 1.39. The molecule has 2 N–H and O–H groups in total. The van der Waals surface area contributed by atoms with E-state index in [9.17, 15) is 9.59 Å². The molecule has 0 saturated heterocycles. The summed E-state index contributed by atoms with van der Waals surface area (Å²) in [6.45, 7) is 1.65. The van der Waals surface area contributed by atoms with E-state index in [1.54, 1.807) is 61.7 Å². The first-order valence-corrected chi connectivity index (χ1v) is 10.2. The molecule has 0 fully saturated rings. The van der Waals surface area contributed by atoms with Crippen LogP contribution in [0.2, 0.25) is 0 Å². The van der Waals surface area contributed by atoms with Gasteiger partial charge in [0.15, 0.2) is 13.2 Å². The van der Waals surface area contributed by atoms with Crippen molar-refractivity contribution in [3.63, 3.8) is 0 Å². The van der Waals surface area contributed by atoms with Crippen LogP contribution < -0.4 is 25.0 Å². The molecule has 0 heterocycles. The molecule has 0 atom stereocenters. The molecule has 0 aromatic heterocycles. The smallest absolute Gasteiger partial charge is 0.277 e. The molecule has 3 rings (SSSR count). The van der Waals surface area contributed by atoms with Crippen LogP contribution >= 0.6 is 0 Å². The molecule has 8 nitrogen and oxygen atoms in total. The number of para-hydroxylation sites is 1. The van der Waals surface area contributed by atoms with Gasteiger partial charge in [0.25, 0.3) is 11.8 Å². The van der Waals surface area contributed by atoms with Crippen LogP contribution in [-0.2, 0) is 9.59 Å². The van der Waals surface area contributed by atoms with Crippen molar-refractivity contribution in [2.45, 2.75) is 6.92 Å². The van der Waals surface area contributed by atoms with Crippen LogP contribution in [0.15, 0.2) is 77.9 Å². The van der Waals surface area contributed by atoms with E-state index in [1.165, 1.54) is 6.21 Å². The van der Waals surface area contributed by atoms with Crippen molar-refractivity contribution in [2.75, 3.05) is 25.6 Å². The van der Waals surface area contributed by atoms with Crippen LogP contribution in [0, 0.1) is 6.92 Å². The monoisotopic (exact) mass is 447 g/mol. The molecule has 3 aromatic carbocycles. The van der Waals surface area contributed by atoms with E-state index in [2.05, 4.69) is 15.8 Å². The number of aryl methyl sites for hydroxylation is 1. The van der Waals surface area contributed by atoms with Gasteiger partial charge in [-0.1, -0.05) is 18.2 Å². The molecule has 0 bridgehead atoms. The Bertz CT molecular complexity index is 1100. The Hall–Kier alpha value is -4.33. The van der Waals surface area contributed by atoms with E-state index in [0.29, 0.717) is 22.9 Å². The number of carbonyl (C=O) groups is 2. The van der Waals surface area contributed by atoms with E-state index >= 15 is 0 Å². The van der Waals surface area contributed by atoms with Crippen LogP contribution in [0.5, 0.6) is 17.2 Å². The van der Waals surface area contributed by atoms with Gasteiger partial charge in [0.1, 0.15) is 17.2 Å². The molecule has 3 aromatic rings. The van der Waals surface area contributed by atoms with Gasteiger partial charge >= 0.3 is 0 Å². The number of methoxy groups -OCH3 is 1. The molecule has 0 unspecified atom stereocenters. The summed E-state index contributed by atoms with van der Waals surface area (Å²) in [5.74, 6) is 1.26. The Morgan fingerprint density at radius 1 is 0.848 bits per heavy atom. The fraction of sp³-hybridized carbons (Fsp3) is 0.160. The standard InChI is InChI=1S/C25H25N3O5/c1-18-5-3-4-6-23(18)33-17-25(30)28-26-15-19-7-11-22(12-8-19)32-16-24(29)27-20-9-13-21(31-2)14-10-20/h3-15H,16-17H2,1-2H3,(H,27,29)(H,28,30)/b26-15-. The molecule has 170 valence electrons. The number of hydrazone groups is 1. The second kappa shape index (κ2) is 11.9. The van der Waals surface area contributed by atoms with Crippen molar-refractivity contribution in [2.24, 2.45) is 5.10 Å². The molecule has 2 amide bonds. The SMILES string of the molecule is COc1ccc(NC(=O)COc2ccc(/C=N\NC(=O)COc3ccccc3C)cc2)cc1. The fourth-order valence-electron chi connectivity index (χ4n) is 2.74. The zero-order valence-corrected chi connectivity index (χ0v) is 18.4. The highest BCUT2D eigenvalue weighted by atomic mass is 16.5. The summed E-state index contributed by atoms with van der Waals surface area (Å²) in [6, 6.07) is 21.4. The number of nitrogens with one attached hydrogen (secondary N) is 2. The van der Waals surface area contributed by atoms with Crippen molar-refractivity contribution in [3.05, 3.63) is 83.9 Å². The third-order valence-electron chi connectivity index (χ3n) is 4.48. The average molecular weight is 447 g/mol. The highest BCUT2D eigenvalue weighted by molar-refractivity contribution is 5.92. The molecule has 0 saturated carbocycles. The summed E-state index contributed by atoms with van der Waals surface area (Å²) in [5, 5.41) is 6.67. The van der Waals surface area contributed by atoms with Crippen LogP contribution in [0.25, 0.3) is 0 Å². The minimum absolute atomic E-state index is 0.129. The summed E-state index contributed by atoms with van der Waals surface area (Å²) in [4.78, 5) is 23.9. The molecule has 8 heteroatoms. The number of rotatable bonds is 10. The highest BCUT2D eigenvalue weighted by Gasteiger charge is 2.05. The van der Waals surface area contributed by atoms with Crippen LogP contribution in [0.1, 0.15) is 11.1 Å². The summed E-state index contributed by atoms with van der Waals surface area (Å²) < 4.78 is 16.1. The van der Waals surface area contributed by atoms with Crippen LogP contribution in [0.4, 0.5) is 5.69 Å². The lowest BCUT2D eigenvalue weighted by atomic mass is 10.2. The first kappa shape index (κ1) is 23.3. The molecule has 0 spiro atoms. The van der Waals surface area contributed by atoms with Gasteiger partial charge < -0.3 is 19.5 Å². The zero-order chi connectivity index (χ0) is 23.5. The molecular weight excluding hydrogens is 422 g/mol. The topological polar surface area (TPSA) is 98.3 Å². The van der Waals surface area contributed by atoms with Crippen molar-refractivity contribution < 1.29 is 23.8 Å². The number of hydrogen-bond donors (Lipinski definition) is 2. The fourth-order valence-corrected chi connectivity index (χ4v) is 2.74. The number of amides is 2. The average Bonchev–Trinajstić information content (AvgIpc) is 2.83. The number of nitrogens with zero attached hydrogens (tertiary/aromatic N) is 1. The first-order chi connectivity index (χ1) is 16.0. The van der Waals surface area contributed by atoms with Crippen molar-refractivity contribution in [3.8, 4) is 17.2 Å². The third kappa shape index (κ3) is 7.70. The second-order valence-electron chi connectivity index (χ2n) is 6.98. The molecule has 0 aliphatic carbocycles.